The predicted octanol–water partition coefficient (Wildman–Crippen LogP) is 11.2. The van der Waals surface area contributed by atoms with Crippen molar-refractivity contribution >= 4 is 0 Å². The maximum absolute atomic E-state index is 15.3. The first-order valence-electron chi connectivity index (χ1n) is 14.5. The Hall–Kier alpha value is -4.90. The number of aryl methyl sites for hydroxylation is 2. The summed E-state index contributed by atoms with van der Waals surface area (Å²) in [6, 6.07) is 14.2. The average molecular weight is 635 g/mol. The van der Waals surface area contributed by atoms with Gasteiger partial charge in [-0.25, -0.2) is 35.1 Å². The minimum atomic E-state index is -1.77. The maximum atomic E-state index is 15.3. The fourth-order valence-electron chi connectivity index (χ4n) is 5.26. The summed E-state index contributed by atoms with van der Waals surface area (Å²) >= 11 is 0. The maximum Gasteiger partial charge on any atom is 0.194 e. The highest BCUT2D eigenvalue weighted by molar-refractivity contribution is 5.73. The van der Waals surface area contributed by atoms with Gasteiger partial charge in [-0.1, -0.05) is 55.9 Å². The van der Waals surface area contributed by atoms with Crippen LogP contribution in [0.5, 0.6) is 0 Å². The summed E-state index contributed by atoms with van der Waals surface area (Å²) < 4.78 is 115. The smallest absolute Gasteiger partial charge is 0.194 e. The minimum Gasteiger partial charge on any atom is -0.206 e. The summed E-state index contributed by atoms with van der Waals surface area (Å²) in [6.07, 6.45) is 3.81. The Bertz CT molecular complexity index is 1950. The highest BCUT2D eigenvalue weighted by Gasteiger charge is 2.19. The van der Waals surface area contributed by atoms with Crippen molar-refractivity contribution in [3.05, 3.63) is 142 Å². The summed E-state index contributed by atoms with van der Waals surface area (Å²) in [6.45, 7) is 3.62. The topological polar surface area (TPSA) is 0 Å². The lowest BCUT2D eigenvalue weighted by atomic mass is 9.95. The molecule has 0 aliphatic carbocycles. The van der Waals surface area contributed by atoms with Crippen molar-refractivity contribution in [2.75, 3.05) is 0 Å². The molecule has 0 atom stereocenters. The Morgan fingerprint density at radius 3 is 1.72 bits per heavy atom. The van der Waals surface area contributed by atoms with Crippen LogP contribution < -0.4 is 0 Å². The molecule has 0 amide bonds. The van der Waals surface area contributed by atoms with Gasteiger partial charge in [-0.2, -0.15) is 0 Å². The van der Waals surface area contributed by atoms with Crippen molar-refractivity contribution in [2.24, 2.45) is 0 Å². The Morgan fingerprint density at radius 1 is 0.522 bits per heavy atom. The standard InChI is InChI=1S/C38H26F8/c1-3-4-5-6-22-7-11-28(30(39)14-22)24-9-12-29(32(41)17-24)25-13-21(2)27(31(40)18-25)10-8-23-15-33(42)37(34(43)16-23)26-19-35(44)38(46)36(45)20-26/h7,9,11-20H,3-6H2,1-2H3. The van der Waals surface area contributed by atoms with Crippen molar-refractivity contribution in [1.82, 2.24) is 0 Å². The second-order valence-corrected chi connectivity index (χ2v) is 10.9. The largest absolute Gasteiger partial charge is 0.206 e. The van der Waals surface area contributed by atoms with Gasteiger partial charge in [-0.05, 0) is 96.1 Å². The van der Waals surface area contributed by atoms with Gasteiger partial charge in [0.1, 0.15) is 29.1 Å². The third-order valence-electron chi connectivity index (χ3n) is 7.63. The molecular weight excluding hydrogens is 608 g/mol. The molecule has 8 heteroatoms. The fourth-order valence-corrected chi connectivity index (χ4v) is 5.26. The van der Waals surface area contributed by atoms with E-state index in [9.17, 15) is 26.3 Å². The molecular formula is C38H26F8. The molecule has 0 saturated carbocycles. The Balaban J connectivity index is 1.40. The van der Waals surface area contributed by atoms with E-state index in [4.69, 9.17) is 0 Å². The molecule has 0 bridgehead atoms. The summed E-state index contributed by atoms with van der Waals surface area (Å²) in [5.41, 5.74) is 0.398. The number of hydrogen-bond donors (Lipinski definition) is 0. The van der Waals surface area contributed by atoms with Gasteiger partial charge in [0.05, 0.1) is 11.1 Å². The monoisotopic (exact) mass is 634 g/mol. The Kier molecular flexibility index (Phi) is 9.62. The van der Waals surface area contributed by atoms with Gasteiger partial charge in [-0.15, -0.1) is 0 Å². The zero-order valence-electron chi connectivity index (χ0n) is 24.8. The van der Waals surface area contributed by atoms with Crippen molar-refractivity contribution < 1.29 is 35.1 Å². The van der Waals surface area contributed by atoms with Crippen LogP contribution in [0.25, 0.3) is 33.4 Å². The quantitative estimate of drug-likeness (QED) is 0.0723. The van der Waals surface area contributed by atoms with Crippen molar-refractivity contribution in [2.45, 2.75) is 39.5 Å². The van der Waals surface area contributed by atoms with Gasteiger partial charge >= 0.3 is 0 Å². The van der Waals surface area contributed by atoms with Crippen molar-refractivity contribution in [3.63, 3.8) is 0 Å². The minimum absolute atomic E-state index is 0.0789. The summed E-state index contributed by atoms with van der Waals surface area (Å²) in [4.78, 5) is 0. The zero-order valence-corrected chi connectivity index (χ0v) is 24.8. The highest BCUT2D eigenvalue weighted by atomic mass is 19.2. The fraction of sp³-hybridized carbons (Fsp3) is 0.158. The number of hydrogen-bond acceptors (Lipinski definition) is 0. The second-order valence-electron chi connectivity index (χ2n) is 10.9. The Labute approximate surface area is 261 Å². The van der Waals surface area contributed by atoms with Gasteiger partial charge in [0.2, 0.25) is 0 Å². The zero-order chi connectivity index (χ0) is 33.1. The first-order chi connectivity index (χ1) is 22.0. The van der Waals surface area contributed by atoms with Crippen LogP contribution in [0.15, 0.2) is 72.8 Å². The van der Waals surface area contributed by atoms with Crippen LogP contribution in [-0.4, -0.2) is 0 Å². The molecule has 234 valence electrons. The SMILES string of the molecule is CCCCCc1ccc(-c2ccc(-c3cc(C)c(C#Cc4cc(F)c(-c5cc(F)c(F)c(F)c5)c(F)c4)c(F)c3)c(F)c2)c(F)c1. The molecule has 0 fully saturated rings. The van der Waals surface area contributed by atoms with E-state index >= 15 is 8.78 Å². The van der Waals surface area contributed by atoms with Crippen LogP contribution in [-0.2, 0) is 6.42 Å². The summed E-state index contributed by atoms with van der Waals surface area (Å²) in [5, 5.41) is 0. The van der Waals surface area contributed by atoms with Gasteiger partial charge < -0.3 is 0 Å². The summed E-state index contributed by atoms with van der Waals surface area (Å²) in [7, 11) is 0. The molecule has 0 aliphatic rings. The Morgan fingerprint density at radius 2 is 1.11 bits per heavy atom. The number of unbranched alkanes of at least 4 members (excludes halogenated alkanes) is 2. The third kappa shape index (κ3) is 6.84. The second kappa shape index (κ2) is 13.6. The van der Waals surface area contributed by atoms with Crippen molar-refractivity contribution in [3.8, 4) is 45.2 Å². The van der Waals surface area contributed by atoms with Crippen LogP contribution in [0.4, 0.5) is 35.1 Å². The molecule has 46 heavy (non-hydrogen) atoms. The van der Waals surface area contributed by atoms with Crippen LogP contribution >= 0.6 is 0 Å². The molecule has 0 nitrogen and oxygen atoms in total. The molecule has 0 aromatic heterocycles. The van der Waals surface area contributed by atoms with E-state index in [1.165, 1.54) is 31.2 Å². The number of halogens is 8. The molecule has 0 saturated heterocycles. The molecule has 5 rings (SSSR count). The molecule has 0 radical (unpaired) electrons. The van der Waals surface area contributed by atoms with E-state index in [0.717, 1.165) is 49.4 Å². The van der Waals surface area contributed by atoms with Crippen LogP contribution in [0.2, 0.25) is 0 Å². The number of rotatable bonds is 7. The lowest BCUT2D eigenvalue weighted by molar-refractivity contribution is 0.447. The number of benzene rings is 5. The van der Waals surface area contributed by atoms with Crippen LogP contribution in [0, 0.1) is 65.3 Å². The molecule has 0 N–H and O–H groups in total. The van der Waals surface area contributed by atoms with E-state index < -0.39 is 57.7 Å². The average Bonchev–Trinajstić information content (AvgIpc) is 2.99. The van der Waals surface area contributed by atoms with E-state index in [1.807, 2.05) is 6.07 Å². The molecule has 0 heterocycles. The van der Waals surface area contributed by atoms with E-state index in [1.54, 1.807) is 12.1 Å². The van der Waals surface area contributed by atoms with Gasteiger partial charge in [0.15, 0.2) is 17.5 Å². The lowest BCUT2D eigenvalue weighted by Gasteiger charge is -2.11. The molecule has 5 aromatic carbocycles. The van der Waals surface area contributed by atoms with E-state index in [2.05, 4.69) is 18.8 Å². The normalized spacial score (nSPS) is 11.0. The first-order valence-corrected chi connectivity index (χ1v) is 14.5. The first kappa shape index (κ1) is 32.5. The van der Waals surface area contributed by atoms with Gasteiger partial charge in [0, 0.05) is 16.7 Å². The lowest BCUT2D eigenvalue weighted by Crippen LogP contribution is -1.97. The van der Waals surface area contributed by atoms with E-state index in [0.29, 0.717) is 23.3 Å². The third-order valence-corrected chi connectivity index (χ3v) is 7.63. The molecule has 0 spiro atoms. The molecule has 0 aliphatic heterocycles. The van der Waals surface area contributed by atoms with Gasteiger partial charge in [0.25, 0.3) is 0 Å². The molecule has 0 unspecified atom stereocenters. The van der Waals surface area contributed by atoms with Crippen LogP contribution in [0.1, 0.15) is 48.4 Å². The van der Waals surface area contributed by atoms with Crippen LogP contribution in [0.3, 0.4) is 0 Å². The van der Waals surface area contributed by atoms with E-state index in [-0.39, 0.29) is 27.8 Å². The molecule has 5 aromatic rings. The predicted molar refractivity (Wildman–Crippen MR) is 163 cm³/mol. The van der Waals surface area contributed by atoms with Crippen molar-refractivity contribution in [1.29, 1.82) is 0 Å². The summed E-state index contributed by atoms with van der Waals surface area (Å²) in [5.74, 6) is -4.40. The highest BCUT2D eigenvalue weighted by Crippen LogP contribution is 2.33. The van der Waals surface area contributed by atoms with Gasteiger partial charge in [-0.3, -0.25) is 0 Å².